The number of H-pyrrole nitrogens is 1. The molecule has 6 nitrogen and oxygen atoms in total. The van der Waals surface area contributed by atoms with Gasteiger partial charge in [-0.05, 0) is 50.9 Å². The zero-order valence-corrected chi connectivity index (χ0v) is 18.3. The van der Waals surface area contributed by atoms with Crippen molar-refractivity contribution in [2.45, 2.75) is 72.1 Å². The van der Waals surface area contributed by atoms with E-state index in [0.717, 1.165) is 56.3 Å². The van der Waals surface area contributed by atoms with Crippen LogP contribution >= 0.6 is 0 Å². The Labute approximate surface area is 173 Å². The normalized spacial score (nSPS) is 31.4. The summed E-state index contributed by atoms with van der Waals surface area (Å²) in [5.74, 6) is 1.60. The number of nitrogens with one attached hydrogen (secondary N) is 1. The third-order valence-corrected chi connectivity index (χ3v) is 7.74. The number of fused-ring (bicyclic) bond motifs is 3. The summed E-state index contributed by atoms with van der Waals surface area (Å²) in [6.45, 7) is 13.3. The van der Waals surface area contributed by atoms with Crippen LogP contribution in [0.5, 0.6) is 0 Å². The zero-order valence-electron chi connectivity index (χ0n) is 18.3. The van der Waals surface area contributed by atoms with Crippen LogP contribution in [-0.2, 0) is 17.7 Å². The van der Waals surface area contributed by atoms with Crippen molar-refractivity contribution in [1.29, 1.82) is 0 Å². The first-order valence-electron chi connectivity index (χ1n) is 11.3. The number of hydrogen-bond acceptors (Lipinski definition) is 5. The van der Waals surface area contributed by atoms with Gasteiger partial charge in [-0.1, -0.05) is 25.0 Å². The van der Waals surface area contributed by atoms with E-state index in [1.54, 1.807) is 11.1 Å². The molecule has 0 aromatic carbocycles. The predicted octanol–water partition coefficient (Wildman–Crippen LogP) is 2.88. The van der Waals surface area contributed by atoms with Crippen molar-refractivity contribution < 1.29 is 4.74 Å². The minimum atomic E-state index is 0.0408. The second-order valence-electron chi connectivity index (χ2n) is 10.2. The van der Waals surface area contributed by atoms with Gasteiger partial charge in [-0.15, -0.1) is 0 Å². The van der Waals surface area contributed by atoms with Gasteiger partial charge in [-0.25, -0.2) is 4.98 Å². The molecule has 6 rings (SSSR count). The summed E-state index contributed by atoms with van der Waals surface area (Å²) in [6.07, 6.45) is 4.98. The molecule has 3 aliphatic carbocycles. The number of aromatic nitrogens is 2. The SMILES string of the molecule is C[C@H]1CN(c2nc3c(c(=O)[nH]2)CCN(CC2=C4C[C@@H](CC2)C4(C)C)C3)C[C@H](C)O1. The quantitative estimate of drug-likeness (QED) is 0.794. The highest BCUT2D eigenvalue weighted by atomic mass is 16.5. The number of aromatic amines is 1. The molecule has 0 spiro atoms. The van der Waals surface area contributed by atoms with Gasteiger partial charge in [0.2, 0.25) is 5.95 Å². The largest absolute Gasteiger partial charge is 0.372 e. The van der Waals surface area contributed by atoms with Gasteiger partial charge < -0.3 is 9.64 Å². The van der Waals surface area contributed by atoms with Gasteiger partial charge in [0.15, 0.2) is 0 Å². The van der Waals surface area contributed by atoms with Crippen molar-refractivity contribution in [3.63, 3.8) is 0 Å². The lowest BCUT2D eigenvalue weighted by Crippen LogP contribution is -2.47. The van der Waals surface area contributed by atoms with Crippen LogP contribution in [0.2, 0.25) is 0 Å². The Bertz CT molecular complexity index is 893. The Morgan fingerprint density at radius 2 is 1.97 bits per heavy atom. The average Bonchev–Trinajstić information content (AvgIpc) is 2.67. The fourth-order valence-corrected chi connectivity index (χ4v) is 6.00. The van der Waals surface area contributed by atoms with E-state index in [9.17, 15) is 4.79 Å². The molecule has 3 atom stereocenters. The Morgan fingerprint density at radius 3 is 2.66 bits per heavy atom. The standard InChI is InChI=1S/C23H34N4O2/c1-14-10-27(11-15(2)29-14)22-24-20-13-26(8-7-18(20)21(28)25-22)12-16-5-6-17-9-19(16)23(17,3)4/h14-15,17H,5-13H2,1-4H3,(H,24,25,28)/t14-,15-,17+/m0/s1. The Kier molecular flexibility index (Phi) is 4.63. The summed E-state index contributed by atoms with van der Waals surface area (Å²) in [5.41, 5.74) is 5.66. The molecule has 29 heavy (non-hydrogen) atoms. The number of hydrogen-bond donors (Lipinski definition) is 1. The third-order valence-electron chi connectivity index (χ3n) is 7.74. The number of nitrogens with zero attached hydrogens (tertiary/aromatic N) is 3. The Balaban J connectivity index is 1.36. The van der Waals surface area contributed by atoms with Crippen molar-refractivity contribution in [3.8, 4) is 0 Å². The second-order valence-corrected chi connectivity index (χ2v) is 10.2. The van der Waals surface area contributed by atoms with Gasteiger partial charge in [-0.3, -0.25) is 14.7 Å². The van der Waals surface area contributed by atoms with Crippen molar-refractivity contribution >= 4 is 5.95 Å². The van der Waals surface area contributed by atoms with E-state index in [1.807, 2.05) is 0 Å². The van der Waals surface area contributed by atoms with Gasteiger partial charge in [0, 0.05) is 38.3 Å². The first kappa shape index (κ1) is 19.3. The minimum absolute atomic E-state index is 0.0408. The number of allylic oxidation sites excluding steroid dienone is 1. The molecule has 2 aliphatic heterocycles. The molecule has 1 saturated carbocycles. The maximum absolute atomic E-state index is 12.7. The number of morpholine rings is 1. The molecule has 2 fully saturated rings. The van der Waals surface area contributed by atoms with Gasteiger partial charge in [0.1, 0.15) is 0 Å². The molecule has 2 bridgehead atoms. The topological polar surface area (TPSA) is 61.5 Å². The molecule has 158 valence electrons. The molecule has 1 aromatic heterocycles. The van der Waals surface area contributed by atoms with E-state index in [1.165, 1.54) is 19.3 Å². The number of anilines is 1. The lowest BCUT2D eigenvalue weighted by Gasteiger charge is -2.53. The summed E-state index contributed by atoms with van der Waals surface area (Å²) >= 11 is 0. The summed E-state index contributed by atoms with van der Waals surface area (Å²) in [4.78, 5) is 25.4. The van der Waals surface area contributed by atoms with Crippen molar-refractivity contribution in [1.82, 2.24) is 14.9 Å². The predicted molar refractivity (Wildman–Crippen MR) is 114 cm³/mol. The van der Waals surface area contributed by atoms with Gasteiger partial charge in [-0.2, -0.15) is 0 Å². The molecular weight excluding hydrogens is 364 g/mol. The van der Waals surface area contributed by atoms with Crippen LogP contribution in [0.3, 0.4) is 0 Å². The van der Waals surface area contributed by atoms with Crippen LogP contribution in [0.4, 0.5) is 5.95 Å². The van der Waals surface area contributed by atoms with E-state index in [2.05, 4.69) is 42.5 Å². The van der Waals surface area contributed by atoms with E-state index < -0.39 is 0 Å². The van der Waals surface area contributed by atoms with Crippen LogP contribution in [0.15, 0.2) is 15.9 Å². The number of rotatable bonds is 3. The molecule has 1 N–H and O–H groups in total. The summed E-state index contributed by atoms with van der Waals surface area (Å²) < 4.78 is 5.84. The average molecular weight is 399 g/mol. The molecule has 0 amide bonds. The van der Waals surface area contributed by atoms with E-state index >= 15 is 0 Å². The van der Waals surface area contributed by atoms with Crippen molar-refractivity contribution in [2.24, 2.45) is 11.3 Å². The summed E-state index contributed by atoms with van der Waals surface area (Å²) in [7, 11) is 0. The molecule has 0 radical (unpaired) electrons. The fourth-order valence-electron chi connectivity index (χ4n) is 6.00. The highest BCUT2D eigenvalue weighted by molar-refractivity contribution is 5.37. The summed E-state index contributed by atoms with van der Waals surface area (Å²) in [6, 6.07) is 0. The molecule has 0 unspecified atom stereocenters. The minimum Gasteiger partial charge on any atom is -0.372 e. The molecule has 6 heteroatoms. The van der Waals surface area contributed by atoms with E-state index in [0.29, 0.717) is 11.4 Å². The molecule has 5 aliphatic rings. The highest BCUT2D eigenvalue weighted by Gasteiger charge is 2.47. The van der Waals surface area contributed by atoms with Gasteiger partial charge in [0.05, 0.1) is 17.9 Å². The maximum Gasteiger partial charge on any atom is 0.255 e. The smallest absolute Gasteiger partial charge is 0.255 e. The van der Waals surface area contributed by atoms with Crippen molar-refractivity contribution in [3.05, 3.63) is 32.8 Å². The molecule has 1 saturated heterocycles. The third kappa shape index (κ3) is 3.34. The lowest BCUT2D eigenvalue weighted by molar-refractivity contribution is -0.00576. The van der Waals surface area contributed by atoms with Crippen LogP contribution < -0.4 is 10.5 Å². The van der Waals surface area contributed by atoms with Crippen LogP contribution in [0.25, 0.3) is 0 Å². The highest BCUT2D eigenvalue weighted by Crippen LogP contribution is 2.58. The first-order chi connectivity index (χ1) is 13.8. The number of ether oxygens (including phenoxy) is 1. The zero-order chi connectivity index (χ0) is 20.3. The maximum atomic E-state index is 12.7. The van der Waals surface area contributed by atoms with Crippen LogP contribution in [0, 0.1) is 11.3 Å². The molecule has 1 aromatic rings. The monoisotopic (exact) mass is 398 g/mol. The first-order valence-corrected chi connectivity index (χ1v) is 11.3. The van der Waals surface area contributed by atoms with Gasteiger partial charge in [0.25, 0.3) is 5.56 Å². The fraction of sp³-hybridized carbons (Fsp3) is 0.739. The van der Waals surface area contributed by atoms with Crippen LogP contribution in [-0.4, -0.2) is 53.3 Å². The molecular formula is C23H34N4O2. The van der Waals surface area contributed by atoms with Gasteiger partial charge >= 0.3 is 0 Å². The lowest BCUT2D eigenvalue weighted by atomic mass is 9.52. The van der Waals surface area contributed by atoms with Crippen molar-refractivity contribution in [2.75, 3.05) is 31.1 Å². The van der Waals surface area contributed by atoms with E-state index in [4.69, 9.17) is 9.72 Å². The Hall–Kier alpha value is -1.66. The Morgan fingerprint density at radius 1 is 1.21 bits per heavy atom. The van der Waals surface area contributed by atoms with Crippen LogP contribution in [0.1, 0.15) is 58.2 Å². The molecule has 3 heterocycles. The summed E-state index contributed by atoms with van der Waals surface area (Å²) in [5, 5.41) is 0. The van der Waals surface area contributed by atoms with E-state index in [-0.39, 0.29) is 17.8 Å². The second kappa shape index (κ2) is 6.95.